The Hall–Kier alpha value is -2.63. The van der Waals surface area contributed by atoms with E-state index < -0.39 is 0 Å². The molecule has 0 unspecified atom stereocenters. The molecule has 0 bridgehead atoms. The van der Waals surface area contributed by atoms with Crippen LogP contribution in [0, 0.1) is 0 Å². The Morgan fingerprint density at radius 3 is 2.50 bits per heavy atom. The van der Waals surface area contributed by atoms with Gasteiger partial charge in [-0.05, 0) is 53.8 Å². The number of anilines is 1. The van der Waals surface area contributed by atoms with Gasteiger partial charge in [0.1, 0.15) is 0 Å². The van der Waals surface area contributed by atoms with E-state index in [1.54, 1.807) is 30.3 Å². The van der Waals surface area contributed by atoms with Crippen LogP contribution >= 0.6 is 22.9 Å². The molecule has 2 N–H and O–H groups in total. The number of carbonyl (C=O) groups is 2. The van der Waals surface area contributed by atoms with Gasteiger partial charge in [-0.3, -0.25) is 9.59 Å². The molecule has 4 nitrogen and oxygen atoms in total. The summed E-state index contributed by atoms with van der Waals surface area (Å²) < 4.78 is 0. The molecule has 0 saturated carbocycles. The van der Waals surface area contributed by atoms with Crippen LogP contribution in [0.1, 0.15) is 25.6 Å². The molecule has 0 spiro atoms. The first-order valence-electron chi connectivity index (χ1n) is 8.09. The van der Waals surface area contributed by atoms with E-state index in [0.29, 0.717) is 27.7 Å². The van der Waals surface area contributed by atoms with Crippen molar-refractivity contribution < 1.29 is 9.59 Å². The number of rotatable bonds is 6. The Morgan fingerprint density at radius 2 is 1.77 bits per heavy atom. The molecule has 2 amide bonds. The highest BCUT2D eigenvalue weighted by atomic mass is 35.5. The Labute approximate surface area is 160 Å². The van der Waals surface area contributed by atoms with Crippen LogP contribution in [0.3, 0.4) is 0 Å². The molecule has 0 fully saturated rings. The van der Waals surface area contributed by atoms with Gasteiger partial charge in [-0.1, -0.05) is 35.9 Å². The fourth-order valence-corrected chi connectivity index (χ4v) is 3.16. The maximum atomic E-state index is 12.3. The Kier molecular flexibility index (Phi) is 6.04. The molecule has 132 valence electrons. The minimum Gasteiger partial charge on any atom is -0.352 e. The molecular weight excluding hydrogens is 368 g/mol. The normalized spacial score (nSPS) is 10.3. The molecule has 0 radical (unpaired) electrons. The van der Waals surface area contributed by atoms with Crippen molar-refractivity contribution >= 4 is 40.4 Å². The summed E-state index contributed by atoms with van der Waals surface area (Å²) in [6.07, 6.45) is 0.720. The van der Waals surface area contributed by atoms with Crippen LogP contribution in [-0.4, -0.2) is 18.4 Å². The summed E-state index contributed by atoms with van der Waals surface area (Å²) in [5.41, 5.74) is 2.20. The molecular formula is C20H17ClN2O2S. The molecule has 0 aliphatic rings. The predicted molar refractivity (Wildman–Crippen MR) is 106 cm³/mol. The van der Waals surface area contributed by atoms with Gasteiger partial charge in [-0.25, -0.2) is 0 Å². The topological polar surface area (TPSA) is 58.2 Å². The van der Waals surface area contributed by atoms with Crippen LogP contribution < -0.4 is 10.6 Å². The zero-order valence-corrected chi connectivity index (χ0v) is 15.4. The van der Waals surface area contributed by atoms with Crippen molar-refractivity contribution in [3.63, 3.8) is 0 Å². The maximum Gasteiger partial charge on any atom is 0.265 e. The highest BCUT2D eigenvalue weighted by Gasteiger charge is 2.09. The van der Waals surface area contributed by atoms with Crippen LogP contribution in [0.2, 0.25) is 5.02 Å². The first-order chi connectivity index (χ1) is 12.6. The highest BCUT2D eigenvalue weighted by Crippen LogP contribution is 2.15. The fraction of sp³-hybridized carbons (Fsp3) is 0.100. The standard InChI is InChI=1S/C20H17ClN2O2S/c21-16-8-6-14(7-9-16)10-11-22-19(24)15-3-1-4-17(13-15)23-20(25)18-5-2-12-26-18/h1-9,12-13H,10-11H2,(H,22,24)(H,23,25). The van der Waals surface area contributed by atoms with Gasteiger partial charge in [0.15, 0.2) is 0 Å². The first-order valence-corrected chi connectivity index (χ1v) is 9.35. The molecule has 0 saturated heterocycles. The Balaban J connectivity index is 1.55. The Morgan fingerprint density at radius 1 is 0.962 bits per heavy atom. The average molecular weight is 385 g/mol. The molecule has 1 heterocycles. The van der Waals surface area contributed by atoms with Crippen LogP contribution in [0.4, 0.5) is 5.69 Å². The summed E-state index contributed by atoms with van der Waals surface area (Å²) in [5.74, 6) is -0.355. The van der Waals surface area contributed by atoms with Gasteiger partial charge >= 0.3 is 0 Å². The maximum absolute atomic E-state index is 12.3. The lowest BCUT2D eigenvalue weighted by molar-refractivity contribution is 0.0952. The molecule has 6 heteroatoms. The molecule has 0 aliphatic heterocycles. The van der Waals surface area contributed by atoms with E-state index in [9.17, 15) is 9.59 Å². The Bertz CT molecular complexity index is 892. The van der Waals surface area contributed by atoms with Crippen molar-refractivity contribution in [3.8, 4) is 0 Å². The van der Waals surface area contributed by atoms with E-state index in [2.05, 4.69) is 10.6 Å². The third kappa shape index (κ3) is 4.94. The van der Waals surface area contributed by atoms with E-state index in [4.69, 9.17) is 11.6 Å². The average Bonchev–Trinajstić information content (AvgIpc) is 3.18. The SMILES string of the molecule is O=C(NCCc1ccc(Cl)cc1)c1cccc(NC(=O)c2cccs2)c1. The van der Waals surface area contributed by atoms with E-state index in [-0.39, 0.29) is 11.8 Å². The van der Waals surface area contributed by atoms with Gasteiger partial charge in [-0.2, -0.15) is 0 Å². The summed E-state index contributed by atoms with van der Waals surface area (Å²) in [6.45, 7) is 0.520. The third-order valence-corrected chi connectivity index (χ3v) is 4.86. The number of hydrogen-bond donors (Lipinski definition) is 2. The number of nitrogens with one attached hydrogen (secondary N) is 2. The first kappa shape index (κ1) is 18.2. The van der Waals surface area contributed by atoms with Crippen molar-refractivity contribution in [2.75, 3.05) is 11.9 Å². The smallest absolute Gasteiger partial charge is 0.265 e. The summed E-state index contributed by atoms with van der Waals surface area (Å²) in [4.78, 5) is 25.0. The predicted octanol–water partition coefficient (Wildman–Crippen LogP) is 4.63. The molecule has 1 aromatic heterocycles. The highest BCUT2D eigenvalue weighted by molar-refractivity contribution is 7.12. The van der Waals surface area contributed by atoms with E-state index in [0.717, 1.165) is 12.0 Å². The van der Waals surface area contributed by atoms with Crippen LogP contribution in [0.5, 0.6) is 0 Å². The summed E-state index contributed by atoms with van der Waals surface area (Å²) in [7, 11) is 0. The van der Waals surface area contributed by atoms with Crippen molar-refractivity contribution in [1.29, 1.82) is 0 Å². The monoisotopic (exact) mass is 384 g/mol. The fourth-order valence-electron chi connectivity index (χ4n) is 2.41. The molecule has 3 rings (SSSR count). The lowest BCUT2D eigenvalue weighted by atomic mass is 10.1. The van der Waals surface area contributed by atoms with Crippen molar-refractivity contribution in [2.24, 2.45) is 0 Å². The van der Waals surface area contributed by atoms with Gasteiger partial charge in [0.25, 0.3) is 11.8 Å². The van der Waals surface area contributed by atoms with E-state index >= 15 is 0 Å². The number of carbonyl (C=O) groups excluding carboxylic acids is 2. The van der Waals surface area contributed by atoms with E-state index in [1.165, 1.54) is 11.3 Å². The molecule has 0 aliphatic carbocycles. The zero-order chi connectivity index (χ0) is 18.4. The van der Waals surface area contributed by atoms with Gasteiger partial charge in [0, 0.05) is 22.8 Å². The quantitative estimate of drug-likeness (QED) is 0.651. The second kappa shape index (κ2) is 8.65. The minimum absolute atomic E-state index is 0.175. The zero-order valence-electron chi connectivity index (χ0n) is 13.9. The molecule has 2 aromatic carbocycles. The number of hydrogen-bond acceptors (Lipinski definition) is 3. The van der Waals surface area contributed by atoms with Crippen molar-refractivity contribution in [2.45, 2.75) is 6.42 Å². The number of halogens is 1. The number of amides is 2. The van der Waals surface area contributed by atoms with Crippen molar-refractivity contribution in [3.05, 3.63) is 87.1 Å². The lowest BCUT2D eigenvalue weighted by Gasteiger charge is -2.08. The van der Waals surface area contributed by atoms with Gasteiger partial charge < -0.3 is 10.6 Å². The number of benzene rings is 2. The van der Waals surface area contributed by atoms with Crippen LogP contribution in [0.15, 0.2) is 66.0 Å². The van der Waals surface area contributed by atoms with Crippen molar-refractivity contribution in [1.82, 2.24) is 5.32 Å². The summed E-state index contributed by atoms with van der Waals surface area (Å²) in [5, 5.41) is 8.23. The second-order valence-electron chi connectivity index (χ2n) is 5.64. The van der Waals surface area contributed by atoms with Crippen LogP contribution in [0.25, 0.3) is 0 Å². The molecule has 26 heavy (non-hydrogen) atoms. The molecule has 3 aromatic rings. The summed E-state index contributed by atoms with van der Waals surface area (Å²) in [6, 6.07) is 18.0. The third-order valence-electron chi connectivity index (χ3n) is 3.74. The van der Waals surface area contributed by atoms with Gasteiger partial charge in [0.2, 0.25) is 0 Å². The van der Waals surface area contributed by atoms with Gasteiger partial charge in [0.05, 0.1) is 4.88 Å². The summed E-state index contributed by atoms with van der Waals surface area (Å²) >= 11 is 7.23. The number of thiophene rings is 1. The van der Waals surface area contributed by atoms with Crippen LogP contribution in [-0.2, 0) is 6.42 Å². The van der Waals surface area contributed by atoms with Gasteiger partial charge in [-0.15, -0.1) is 11.3 Å². The second-order valence-corrected chi connectivity index (χ2v) is 7.03. The lowest BCUT2D eigenvalue weighted by Crippen LogP contribution is -2.25. The van der Waals surface area contributed by atoms with E-state index in [1.807, 2.05) is 35.7 Å². The molecule has 0 atom stereocenters. The largest absolute Gasteiger partial charge is 0.352 e. The minimum atomic E-state index is -0.180.